The third-order valence-corrected chi connectivity index (χ3v) is 4.90. The van der Waals surface area contributed by atoms with Crippen LogP contribution in [0.25, 0.3) is 0 Å². The molecule has 0 spiro atoms. The molecular formula is C21H26FN3O3. The van der Waals surface area contributed by atoms with Gasteiger partial charge < -0.3 is 20.1 Å². The SMILES string of the molecule is CCOC(=O)c1ccc(NC(C)c2cc(F)ccc2N2CCC(O)CC2)nc1. The normalized spacial score (nSPS) is 15.9. The summed E-state index contributed by atoms with van der Waals surface area (Å²) in [5.41, 5.74) is 2.17. The maximum absolute atomic E-state index is 13.9. The van der Waals surface area contributed by atoms with E-state index in [4.69, 9.17) is 4.74 Å². The van der Waals surface area contributed by atoms with Gasteiger partial charge in [-0.1, -0.05) is 0 Å². The van der Waals surface area contributed by atoms with Gasteiger partial charge in [0.15, 0.2) is 0 Å². The van der Waals surface area contributed by atoms with Gasteiger partial charge in [-0.05, 0) is 57.0 Å². The Hall–Kier alpha value is -2.67. The number of pyridine rings is 1. The average molecular weight is 387 g/mol. The molecular weight excluding hydrogens is 361 g/mol. The molecule has 1 fully saturated rings. The number of piperidine rings is 1. The zero-order valence-electron chi connectivity index (χ0n) is 16.2. The number of hydrogen-bond donors (Lipinski definition) is 2. The number of hydrogen-bond acceptors (Lipinski definition) is 6. The highest BCUT2D eigenvalue weighted by molar-refractivity contribution is 5.89. The minimum Gasteiger partial charge on any atom is -0.462 e. The highest BCUT2D eigenvalue weighted by Crippen LogP contribution is 2.31. The van der Waals surface area contributed by atoms with E-state index in [0.717, 1.165) is 24.3 Å². The lowest BCUT2D eigenvalue weighted by Crippen LogP contribution is -2.36. The Kier molecular flexibility index (Phi) is 6.46. The number of rotatable bonds is 6. The first-order valence-electron chi connectivity index (χ1n) is 9.60. The average Bonchev–Trinajstić information content (AvgIpc) is 2.69. The van der Waals surface area contributed by atoms with Gasteiger partial charge in [0.1, 0.15) is 11.6 Å². The minimum absolute atomic E-state index is 0.196. The Morgan fingerprint density at radius 3 is 2.75 bits per heavy atom. The van der Waals surface area contributed by atoms with Crippen molar-refractivity contribution in [3.8, 4) is 0 Å². The fourth-order valence-corrected chi connectivity index (χ4v) is 3.38. The van der Waals surface area contributed by atoms with Crippen molar-refractivity contribution < 1.29 is 19.0 Å². The molecule has 3 rings (SSSR count). The molecule has 0 amide bonds. The molecule has 1 aliphatic heterocycles. The van der Waals surface area contributed by atoms with Crippen LogP contribution in [-0.4, -0.2) is 41.9 Å². The van der Waals surface area contributed by atoms with E-state index >= 15 is 0 Å². The van der Waals surface area contributed by atoms with Crippen molar-refractivity contribution >= 4 is 17.5 Å². The fraction of sp³-hybridized carbons (Fsp3) is 0.429. The van der Waals surface area contributed by atoms with Gasteiger partial charge in [-0.2, -0.15) is 0 Å². The lowest BCUT2D eigenvalue weighted by Gasteiger charge is -2.34. The molecule has 1 atom stereocenters. The molecule has 0 aliphatic carbocycles. The maximum Gasteiger partial charge on any atom is 0.339 e. The third kappa shape index (κ3) is 4.78. The summed E-state index contributed by atoms with van der Waals surface area (Å²) in [6.45, 7) is 5.48. The highest BCUT2D eigenvalue weighted by Gasteiger charge is 2.22. The Morgan fingerprint density at radius 1 is 1.36 bits per heavy atom. The first-order chi connectivity index (χ1) is 13.5. The standard InChI is InChI=1S/C21H26FN3O3/c1-3-28-21(27)15-4-7-20(23-13-15)24-14(2)18-12-16(22)5-6-19(18)25-10-8-17(26)9-11-25/h4-7,12-14,17,26H,3,8-11H2,1-2H3,(H,23,24). The summed E-state index contributed by atoms with van der Waals surface area (Å²) in [4.78, 5) is 18.2. The summed E-state index contributed by atoms with van der Waals surface area (Å²) in [6.07, 6.45) is 2.61. The molecule has 1 aromatic carbocycles. The number of carbonyl (C=O) groups is 1. The van der Waals surface area contributed by atoms with Gasteiger partial charge >= 0.3 is 5.97 Å². The topological polar surface area (TPSA) is 74.7 Å². The highest BCUT2D eigenvalue weighted by atomic mass is 19.1. The van der Waals surface area contributed by atoms with Crippen LogP contribution in [-0.2, 0) is 4.74 Å². The molecule has 2 N–H and O–H groups in total. The predicted octanol–water partition coefficient (Wildman–Crippen LogP) is 3.53. The van der Waals surface area contributed by atoms with Crippen LogP contribution in [0.4, 0.5) is 15.9 Å². The second kappa shape index (κ2) is 9.01. The van der Waals surface area contributed by atoms with Crippen molar-refractivity contribution in [1.82, 2.24) is 4.98 Å². The maximum atomic E-state index is 13.9. The van der Waals surface area contributed by atoms with Crippen LogP contribution in [0, 0.1) is 5.82 Å². The fourth-order valence-electron chi connectivity index (χ4n) is 3.38. The van der Waals surface area contributed by atoms with Crippen LogP contribution in [0.1, 0.15) is 48.7 Å². The van der Waals surface area contributed by atoms with Gasteiger partial charge in [0.25, 0.3) is 0 Å². The number of aliphatic hydroxyl groups excluding tert-OH is 1. The molecule has 6 nitrogen and oxygen atoms in total. The lowest BCUT2D eigenvalue weighted by atomic mass is 10.0. The van der Waals surface area contributed by atoms with E-state index < -0.39 is 5.97 Å². The molecule has 7 heteroatoms. The van der Waals surface area contributed by atoms with Gasteiger partial charge in [-0.25, -0.2) is 14.2 Å². The molecule has 1 aliphatic rings. The van der Waals surface area contributed by atoms with Gasteiger partial charge in [0.05, 0.1) is 24.3 Å². The van der Waals surface area contributed by atoms with Crippen molar-refractivity contribution in [2.45, 2.75) is 38.8 Å². The predicted molar refractivity (Wildman–Crippen MR) is 106 cm³/mol. The first kappa shape index (κ1) is 20.1. The number of anilines is 2. The van der Waals surface area contributed by atoms with Gasteiger partial charge in [0, 0.05) is 30.5 Å². The van der Waals surface area contributed by atoms with E-state index in [2.05, 4.69) is 15.2 Å². The Balaban J connectivity index is 1.76. The van der Waals surface area contributed by atoms with E-state index in [-0.39, 0.29) is 18.0 Å². The van der Waals surface area contributed by atoms with Gasteiger partial charge in [-0.3, -0.25) is 0 Å². The minimum atomic E-state index is -0.408. The quantitative estimate of drug-likeness (QED) is 0.739. The lowest BCUT2D eigenvalue weighted by molar-refractivity contribution is 0.0526. The Labute approximate surface area is 164 Å². The summed E-state index contributed by atoms with van der Waals surface area (Å²) >= 11 is 0. The van der Waals surface area contributed by atoms with E-state index in [9.17, 15) is 14.3 Å². The number of nitrogens with one attached hydrogen (secondary N) is 1. The molecule has 0 saturated carbocycles. The zero-order valence-corrected chi connectivity index (χ0v) is 16.2. The third-order valence-electron chi connectivity index (χ3n) is 4.90. The van der Waals surface area contributed by atoms with Crippen LogP contribution in [0.15, 0.2) is 36.5 Å². The monoisotopic (exact) mass is 387 g/mol. The van der Waals surface area contributed by atoms with Gasteiger partial charge in [0.2, 0.25) is 0 Å². The van der Waals surface area contributed by atoms with Crippen LogP contribution in [0.3, 0.4) is 0 Å². The van der Waals surface area contributed by atoms with Crippen LogP contribution in [0.5, 0.6) is 0 Å². The molecule has 2 aromatic rings. The van der Waals surface area contributed by atoms with Gasteiger partial charge in [-0.15, -0.1) is 0 Å². The van der Waals surface area contributed by atoms with E-state index in [1.54, 1.807) is 25.1 Å². The molecule has 1 saturated heterocycles. The molecule has 150 valence electrons. The summed E-state index contributed by atoms with van der Waals surface area (Å²) in [5, 5.41) is 13.0. The van der Waals surface area contributed by atoms with Crippen molar-refractivity contribution in [3.63, 3.8) is 0 Å². The van der Waals surface area contributed by atoms with E-state index in [0.29, 0.717) is 30.8 Å². The van der Waals surface area contributed by atoms with Crippen molar-refractivity contribution in [3.05, 3.63) is 53.5 Å². The number of nitrogens with zero attached hydrogens (tertiary/aromatic N) is 2. The number of halogens is 1. The molecule has 0 radical (unpaired) electrons. The smallest absolute Gasteiger partial charge is 0.339 e. The van der Waals surface area contributed by atoms with Crippen molar-refractivity contribution in [2.24, 2.45) is 0 Å². The molecule has 2 heterocycles. The van der Waals surface area contributed by atoms with Crippen molar-refractivity contribution in [2.75, 3.05) is 29.9 Å². The molecule has 1 aromatic heterocycles. The van der Waals surface area contributed by atoms with Crippen LogP contribution in [0.2, 0.25) is 0 Å². The summed E-state index contributed by atoms with van der Waals surface area (Å²) < 4.78 is 18.9. The molecule has 0 bridgehead atoms. The number of aromatic nitrogens is 1. The number of carbonyl (C=O) groups excluding carboxylic acids is 1. The number of aliphatic hydroxyl groups is 1. The Bertz CT molecular complexity index is 805. The second-order valence-electron chi connectivity index (χ2n) is 6.94. The van der Waals surface area contributed by atoms with Crippen molar-refractivity contribution in [1.29, 1.82) is 0 Å². The number of esters is 1. The zero-order chi connectivity index (χ0) is 20.1. The summed E-state index contributed by atoms with van der Waals surface area (Å²) in [6, 6.07) is 7.95. The molecule has 1 unspecified atom stereocenters. The van der Waals surface area contributed by atoms with Crippen LogP contribution >= 0.6 is 0 Å². The van der Waals surface area contributed by atoms with E-state index in [1.165, 1.54) is 18.3 Å². The summed E-state index contributed by atoms with van der Waals surface area (Å²) in [7, 11) is 0. The Morgan fingerprint density at radius 2 is 2.11 bits per heavy atom. The largest absolute Gasteiger partial charge is 0.462 e. The van der Waals surface area contributed by atoms with Crippen LogP contribution < -0.4 is 10.2 Å². The number of benzene rings is 1. The molecule has 28 heavy (non-hydrogen) atoms. The van der Waals surface area contributed by atoms with E-state index in [1.807, 2.05) is 6.92 Å². The second-order valence-corrected chi connectivity index (χ2v) is 6.94. The first-order valence-corrected chi connectivity index (χ1v) is 9.60. The number of ether oxygens (including phenoxy) is 1. The summed E-state index contributed by atoms with van der Waals surface area (Å²) in [5.74, 6) is -0.116.